The van der Waals surface area contributed by atoms with Crippen LogP contribution in [-0.2, 0) is 4.79 Å². The molecule has 2 aromatic carbocycles. The first-order valence-corrected chi connectivity index (χ1v) is 11.9. The minimum Gasteiger partial charge on any atom is -0.342 e. The molecule has 2 heterocycles. The van der Waals surface area contributed by atoms with Crippen molar-refractivity contribution in [2.75, 3.05) is 13.1 Å². The quantitative estimate of drug-likeness (QED) is 0.433. The van der Waals surface area contributed by atoms with Gasteiger partial charge in [0.2, 0.25) is 5.91 Å². The minimum absolute atomic E-state index is 0.106. The topological polar surface area (TPSA) is 55.2 Å². The van der Waals surface area contributed by atoms with Crippen molar-refractivity contribution < 1.29 is 4.79 Å². The number of fused-ring (bicyclic) bond motifs is 1. The zero-order valence-corrected chi connectivity index (χ0v) is 19.2. The molecule has 0 aliphatic carbocycles. The van der Waals surface area contributed by atoms with Gasteiger partial charge in [0.05, 0.1) is 21.8 Å². The molecular formula is C25H29N3O2S. The lowest BCUT2D eigenvalue weighted by atomic mass is 10.1. The number of carbonyl (C=O) groups excluding carboxylic acids is 1. The van der Waals surface area contributed by atoms with Crippen molar-refractivity contribution in [2.45, 2.75) is 56.9 Å². The maximum Gasteiger partial charge on any atom is 0.266 e. The van der Waals surface area contributed by atoms with Crippen LogP contribution in [-0.4, -0.2) is 38.7 Å². The van der Waals surface area contributed by atoms with E-state index >= 15 is 0 Å². The average Bonchev–Trinajstić information content (AvgIpc) is 3.05. The van der Waals surface area contributed by atoms with Crippen LogP contribution in [0.5, 0.6) is 0 Å². The molecule has 1 atom stereocenters. The second-order valence-electron chi connectivity index (χ2n) is 8.32. The number of benzene rings is 2. The third kappa shape index (κ3) is 4.54. The van der Waals surface area contributed by atoms with Crippen molar-refractivity contribution in [1.82, 2.24) is 14.5 Å². The lowest BCUT2D eigenvalue weighted by Crippen LogP contribution is -2.37. The van der Waals surface area contributed by atoms with Crippen LogP contribution in [0, 0.1) is 13.8 Å². The predicted octanol–water partition coefficient (Wildman–Crippen LogP) is 4.89. The molecule has 6 heteroatoms. The normalized spacial score (nSPS) is 15.6. The number of para-hydroxylation sites is 1. The van der Waals surface area contributed by atoms with Crippen LogP contribution in [0.1, 0.15) is 43.7 Å². The monoisotopic (exact) mass is 435 g/mol. The zero-order chi connectivity index (χ0) is 22.0. The maximum absolute atomic E-state index is 13.5. The van der Waals surface area contributed by atoms with Gasteiger partial charge in [-0.25, -0.2) is 4.98 Å². The first kappa shape index (κ1) is 21.6. The molecule has 1 amide bonds. The number of aromatic nitrogens is 2. The average molecular weight is 436 g/mol. The van der Waals surface area contributed by atoms with E-state index in [4.69, 9.17) is 4.98 Å². The first-order valence-electron chi connectivity index (χ1n) is 11.0. The summed E-state index contributed by atoms with van der Waals surface area (Å²) in [5.41, 5.74) is 3.62. The molecule has 0 radical (unpaired) electrons. The molecule has 5 nitrogen and oxygen atoms in total. The Kier molecular flexibility index (Phi) is 6.46. The first-order chi connectivity index (χ1) is 15.0. The maximum atomic E-state index is 13.5. The van der Waals surface area contributed by atoms with Crippen LogP contribution < -0.4 is 5.56 Å². The highest BCUT2D eigenvalue weighted by molar-refractivity contribution is 8.00. The molecule has 1 aliphatic heterocycles. The lowest BCUT2D eigenvalue weighted by molar-refractivity contribution is -0.130. The van der Waals surface area contributed by atoms with E-state index in [0.717, 1.165) is 37.2 Å². The lowest BCUT2D eigenvalue weighted by Gasteiger charge is -2.24. The van der Waals surface area contributed by atoms with E-state index in [2.05, 4.69) is 6.92 Å². The summed E-state index contributed by atoms with van der Waals surface area (Å²) in [4.78, 5) is 33.4. The van der Waals surface area contributed by atoms with Crippen molar-refractivity contribution in [3.63, 3.8) is 0 Å². The second kappa shape index (κ2) is 9.27. The van der Waals surface area contributed by atoms with Crippen LogP contribution in [0.2, 0.25) is 0 Å². The largest absolute Gasteiger partial charge is 0.342 e. The predicted molar refractivity (Wildman–Crippen MR) is 127 cm³/mol. The van der Waals surface area contributed by atoms with Gasteiger partial charge in [-0.2, -0.15) is 0 Å². The van der Waals surface area contributed by atoms with Gasteiger partial charge in [-0.05, 0) is 69.0 Å². The molecule has 31 heavy (non-hydrogen) atoms. The summed E-state index contributed by atoms with van der Waals surface area (Å²) in [5.74, 6) is 0.126. The molecule has 0 N–H and O–H groups in total. The molecule has 0 saturated carbocycles. The van der Waals surface area contributed by atoms with Gasteiger partial charge in [0, 0.05) is 13.1 Å². The van der Waals surface area contributed by atoms with E-state index in [-0.39, 0.29) is 16.7 Å². The Morgan fingerprint density at radius 2 is 1.71 bits per heavy atom. The van der Waals surface area contributed by atoms with Crippen molar-refractivity contribution in [2.24, 2.45) is 0 Å². The number of likely N-dealkylation sites (tertiary alicyclic amines) is 1. The molecule has 162 valence electrons. The summed E-state index contributed by atoms with van der Waals surface area (Å²) in [6.07, 6.45) is 4.49. The van der Waals surface area contributed by atoms with Crippen molar-refractivity contribution in [3.05, 3.63) is 63.9 Å². The highest BCUT2D eigenvalue weighted by Crippen LogP contribution is 2.27. The molecule has 4 rings (SSSR count). The third-order valence-corrected chi connectivity index (χ3v) is 7.08. The van der Waals surface area contributed by atoms with Crippen molar-refractivity contribution >= 4 is 28.6 Å². The molecule has 0 spiro atoms. The van der Waals surface area contributed by atoms with Crippen LogP contribution in [0.4, 0.5) is 0 Å². The number of hydrogen-bond acceptors (Lipinski definition) is 4. The molecule has 1 fully saturated rings. The summed E-state index contributed by atoms with van der Waals surface area (Å²) in [7, 11) is 0. The number of hydrogen-bond donors (Lipinski definition) is 0. The fourth-order valence-corrected chi connectivity index (χ4v) is 5.05. The highest BCUT2D eigenvalue weighted by atomic mass is 32.2. The Morgan fingerprint density at radius 3 is 2.42 bits per heavy atom. The molecule has 1 saturated heterocycles. The van der Waals surface area contributed by atoms with E-state index in [1.165, 1.54) is 30.2 Å². The molecule has 1 aliphatic rings. The van der Waals surface area contributed by atoms with Gasteiger partial charge >= 0.3 is 0 Å². The Balaban J connectivity index is 1.76. The van der Waals surface area contributed by atoms with Crippen LogP contribution in [0.15, 0.2) is 52.4 Å². The summed E-state index contributed by atoms with van der Waals surface area (Å²) in [6.45, 7) is 7.65. The van der Waals surface area contributed by atoms with Crippen molar-refractivity contribution in [3.8, 4) is 5.69 Å². The molecule has 3 aromatic rings. The summed E-state index contributed by atoms with van der Waals surface area (Å²) in [5, 5.41) is 0.822. The van der Waals surface area contributed by atoms with Gasteiger partial charge in [0.15, 0.2) is 5.16 Å². The van der Waals surface area contributed by atoms with Gasteiger partial charge in [-0.3, -0.25) is 14.2 Å². The number of nitrogens with zero attached hydrogens (tertiary/aromatic N) is 3. The minimum atomic E-state index is -0.316. The van der Waals surface area contributed by atoms with E-state index in [0.29, 0.717) is 16.1 Å². The molecule has 1 aromatic heterocycles. The fourth-order valence-electron chi connectivity index (χ4n) is 4.04. The van der Waals surface area contributed by atoms with Crippen LogP contribution in [0.3, 0.4) is 0 Å². The fraction of sp³-hybridized carbons (Fsp3) is 0.400. The number of carbonyl (C=O) groups is 1. The molecule has 1 unspecified atom stereocenters. The summed E-state index contributed by atoms with van der Waals surface area (Å²) in [6, 6.07) is 13.4. The second-order valence-corrected chi connectivity index (χ2v) is 9.63. The molecular weight excluding hydrogens is 406 g/mol. The van der Waals surface area contributed by atoms with Gasteiger partial charge in [0.1, 0.15) is 0 Å². The zero-order valence-electron chi connectivity index (χ0n) is 18.4. The van der Waals surface area contributed by atoms with Crippen molar-refractivity contribution in [1.29, 1.82) is 0 Å². The number of amides is 1. The summed E-state index contributed by atoms with van der Waals surface area (Å²) < 4.78 is 1.66. The number of thioether (sulfide) groups is 1. The van der Waals surface area contributed by atoms with E-state index in [1.54, 1.807) is 4.57 Å². The Labute approximate surface area is 187 Å². The number of aryl methyl sites for hydroxylation is 2. The molecule has 0 bridgehead atoms. The van der Waals surface area contributed by atoms with E-state index < -0.39 is 0 Å². The van der Waals surface area contributed by atoms with Crippen LogP contribution >= 0.6 is 11.8 Å². The van der Waals surface area contributed by atoms with Gasteiger partial charge in [0.25, 0.3) is 5.56 Å². The smallest absolute Gasteiger partial charge is 0.266 e. The summed E-state index contributed by atoms with van der Waals surface area (Å²) >= 11 is 1.37. The Bertz CT molecular complexity index is 1160. The van der Waals surface area contributed by atoms with Gasteiger partial charge in [-0.15, -0.1) is 0 Å². The highest BCUT2D eigenvalue weighted by Gasteiger charge is 2.25. The van der Waals surface area contributed by atoms with Crippen LogP contribution in [0.25, 0.3) is 16.6 Å². The Morgan fingerprint density at radius 1 is 1.00 bits per heavy atom. The SMILES string of the molecule is Cc1ccc(-n2c(SC(C)C(=O)N3CCCCCC3)nc3ccccc3c2=O)cc1C. The van der Waals surface area contributed by atoms with Gasteiger partial charge in [-0.1, -0.05) is 42.8 Å². The van der Waals surface area contributed by atoms with Gasteiger partial charge < -0.3 is 4.90 Å². The van der Waals surface area contributed by atoms with E-state index in [9.17, 15) is 9.59 Å². The number of rotatable bonds is 4. The Hall–Kier alpha value is -2.60. The standard InChI is InChI=1S/C25H29N3O2S/c1-17-12-13-20(16-18(17)2)28-24(30)21-10-6-7-11-22(21)26-25(28)31-19(3)23(29)27-14-8-4-5-9-15-27/h6-7,10-13,16,19H,4-5,8-9,14-15H2,1-3H3. The third-order valence-electron chi connectivity index (χ3n) is 6.04. The van der Waals surface area contributed by atoms with E-state index in [1.807, 2.05) is 61.2 Å².